The highest BCUT2D eigenvalue weighted by molar-refractivity contribution is 8.00. The molecule has 4 aromatic rings. The Hall–Kier alpha value is -3.52. The minimum atomic E-state index is -0.415. The molecule has 0 fully saturated rings. The molecule has 162 valence electrons. The second-order valence-corrected chi connectivity index (χ2v) is 8.24. The number of hydrogen-bond donors (Lipinski definition) is 0. The highest BCUT2D eigenvalue weighted by atomic mass is 32.2. The van der Waals surface area contributed by atoms with Gasteiger partial charge in [-0.1, -0.05) is 11.8 Å². The molecule has 2 heterocycles. The van der Waals surface area contributed by atoms with E-state index in [0.717, 1.165) is 11.3 Å². The summed E-state index contributed by atoms with van der Waals surface area (Å²) in [5, 5.41) is 8.80. The number of hydrogen-bond acceptors (Lipinski definition) is 6. The monoisotopic (exact) mass is 448 g/mol. The molecule has 0 N–H and O–H groups in total. The van der Waals surface area contributed by atoms with Crippen LogP contribution in [0, 0.1) is 5.82 Å². The summed E-state index contributed by atoms with van der Waals surface area (Å²) >= 11 is 1.30. The van der Waals surface area contributed by atoms with Crippen molar-refractivity contribution in [1.29, 1.82) is 0 Å². The Balaban J connectivity index is 1.65. The molecule has 2 aromatic heterocycles. The van der Waals surface area contributed by atoms with Crippen molar-refractivity contribution in [2.24, 2.45) is 0 Å². The zero-order chi connectivity index (χ0) is 22.5. The first kappa shape index (κ1) is 21.7. The Bertz CT molecular complexity index is 1200. The molecule has 6 nitrogen and oxygen atoms in total. The van der Waals surface area contributed by atoms with Crippen LogP contribution in [0.5, 0.6) is 5.75 Å². The van der Waals surface area contributed by atoms with E-state index in [9.17, 15) is 9.18 Å². The van der Waals surface area contributed by atoms with E-state index in [1.165, 1.54) is 23.9 Å². The van der Waals surface area contributed by atoms with Gasteiger partial charge in [-0.25, -0.2) is 4.39 Å². The standard InChI is InChI=1S/C24H21FN4O2S/c1-3-31-21-10-4-17(5-11-21)22(30)16(2)32-24-28-27-23(18-12-14-26-15-13-18)29(24)20-8-6-19(25)7-9-20/h4-16H,3H2,1-2H3/t16-/m1/s1. The predicted octanol–water partition coefficient (Wildman–Crippen LogP) is 5.23. The molecule has 0 aliphatic carbocycles. The Morgan fingerprint density at radius 1 is 1.03 bits per heavy atom. The largest absolute Gasteiger partial charge is 0.494 e. The first-order valence-electron chi connectivity index (χ1n) is 10.1. The van der Waals surface area contributed by atoms with Gasteiger partial charge >= 0.3 is 0 Å². The number of ketones is 1. The highest BCUT2D eigenvalue weighted by Crippen LogP contribution is 2.31. The van der Waals surface area contributed by atoms with Crippen LogP contribution in [0.4, 0.5) is 4.39 Å². The minimum Gasteiger partial charge on any atom is -0.494 e. The lowest BCUT2D eigenvalue weighted by Crippen LogP contribution is -2.14. The Morgan fingerprint density at radius 2 is 1.72 bits per heavy atom. The molecule has 0 amide bonds. The molecule has 0 aliphatic heterocycles. The van der Waals surface area contributed by atoms with Crippen molar-refractivity contribution < 1.29 is 13.9 Å². The maximum Gasteiger partial charge on any atom is 0.196 e. The number of thioether (sulfide) groups is 1. The lowest BCUT2D eigenvalue weighted by Gasteiger charge is -2.13. The lowest BCUT2D eigenvalue weighted by atomic mass is 10.1. The van der Waals surface area contributed by atoms with E-state index in [1.54, 1.807) is 48.8 Å². The van der Waals surface area contributed by atoms with Crippen LogP contribution in [0.25, 0.3) is 17.1 Å². The molecule has 1 atom stereocenters. The molecule has 0 saturated heterocycles. The Kier molecular flexibility index (Phi) is 6.61. The van der Waals surface area contributed by atoms with Crippen LogP contribution in [-0.2, 0) is 0 Å². The topological polar surface area (TPSA) is 69.9 Å². The van der Waals surface area contributed by atoms with Crippen LogP contribution in [-0.4, -0.2) is 37.4 Å². The van der Waals surface area contributed by atoms with Crippen LogP contribution in [0.15, 0.2) is 78.2 Å². The summed E-state index contributed by atoms with van der Waals surface area (Å²) in [5.74, 6) is 0.947. The third-order valence-corrected chi connectivity index (χ3v) is 5.80. The summed E-state index contributed by atoms with van der Waals surface area (Å²) in [5.41, 5.74) is 2.11. The van der Waals surface area contributed by atoms with Crippen molar-refractivity contribution in [3.05, 3.63) is 84.4 Å². The van der Waals surface area contributed by atoms with E-state index < -0.39 is 5.25 Å². The molecular formula is C24H21FN4O2S. The van der Waals surface area contributed by atoms with Crippen LogP contribution >= 0.6 is 11.8 Å². The third-order valence-electron chi connectivity index (χ3n) is 4.76. The second kappa shape index (κ2) is 9.74. The molecule has 32 heavy (non-hydrogen) atoms. The first-order valence-corrected chi connectivity index (χ1v) is 11.0. The van der Waals surface area contributed by atoms with Crippen LogP contribution in [0.1, 0.15) is 24.2 Å². The number of aromatic nitrogens is 4. The van der Waals surface area contributed by atoms with Gasteiger partial charge in [-0.2, -0.15) is 0 Å². The number of Topliss-reactive ketones (excluding diaryl/α,β-unsaturated/α-hetero) is 1. The molecule has 0 saturated carbocycles. The highest BCUT2D eigenvalue weighted by Gasteiger charge is 2.23. The molecule has 0 bridgehead atoms. The van der Waals surface area contributed by atoms with Gasteiger partial charge in [0.15, 0.2) is 16.8 Å². The minimum absolute atomic E-state index is 0.0304. The van der Waals surface area contributed by atoms with Gasteiger partial charge in [-0.05, 0) is 74.5 Å². The smallest absolute Gasteiger partial charge is 0.196 e. The van der Waals surface area contributed by atoms with Gasteiger partial charge in [0.1, 0.15) is 11.6 Å². The van der Waals surface area contributed by atoms with E-state index in [4.69, 9.17) is 4.74 Å². The van der Waals surface area contributed by atoms with E-state index >= 15 is 0 Å². The molecule has 0 aliphatic rings. The van der Waals surface area contributed by atoms with Crippen molar-refractivity contribution in [3.8, 4) is 22.8 Å². The van der Waals surface area contributed by atoms with Crippen LogP contribution in [0.3, 0.4) is 0 Å². The molecule has 2 aromatic carbocycles. The molecular weight excluding hydrogens is 427 g/mol. The number of halogens is 1. The average Bonchev–Trinajstić information content (AvgIpc) is 3.24. The number of carbonyl (C=O) groups excluding carboxylic acids is 1. The number of benzene rings is 2. The normalized spacial score (nSPS) is 11.8. The van der Waals surface area contributed by atoms with Crippen LogP contribution < -0.4 is 4.74 Å². The summed E-state index contributed by atoms with van der Waals surface area (Å²) in [6.45, 7) is 4.31. The van der Waals surface area contributed by atoms with Crippen molar-refractivity contribution in [2.45, 2.75) is 24.3 Å². The zero-order valence-electron chi connectivity index (χ0n) is 17.6. The van der Waals surface area contributed by atoms with Crippen molar-refractivity contribution in [3.63, 3.8) is 0 Å². The van der Waals surface area contributed by atoms with Gasteiger partial charge in [0.25, 0.3) is 0 Å². The second-order valence-electron chi connectivity index (χ2n) is 6.94. The molecule has 0 spiro atoms. The molecule has 4 rings (SSSR count). The third kappa shape index (κ3) is 4.70. The number of pyridine rings is 1. The number of carbonyl (C=O) groups is 1. The van der Waals surface area contributed by atoms with E-state index in [2.05, 4.69) is 15.2 Å². The van der Waals surface area contributed by atoms with Gasteiger partial charge in [0.2, 0.25) is 0 Å². The first-order chi connectivity index (χ1) is 15.6. The van der Waals surface area contributed by atoms with Crippen molar-refractivity contribution in [1.82, 2.24) is 19.7 Å². The fourth-order valence-corrected chi connectivity index (χ4v) is 4.13. The molecule has 0 unspecified atom stereocenters. The Labute approximate surface area is 189 Å². The van der Waals surface area contributed by atoms with Gasteiger partial charge in [-0.3, -0.25) is 14.3 Å². The SMILES string of the molecule is CCOc1ccc(C(=O)[C@@H](C)Sc2nnc(-c3ccncc3)n2-c2ccc(F)cc2)cc1. The van der Waals surface area contributed by atoms with Gasteiger partial charge in [0.05, 0.1) is 11.9 Å². The lowest BCUT2D eigenvalue weighted by molar-refractivity contribution is 0.0994. The summed E-state index contributed by atoms with van der Waals surface area (Å²) in [6, 6.07) is 16.8. The quantitative estimate of drug-likeness (QED) is 0.272. The van der Waals surface area contributed by atoms with Crippen LogP contribution in [0.2, 0.25) is 0 Å². The summed E-state index contributed by atoms with van der Waals surface area (Å²) in [6.07, 6.45) is 3.34. The number of nitrogens with zero attached hydrogens (tertiary/aromatic N) is 4. The zero-order valence-corrected chi connectivity index (χ0v) is 18.4. The fraction of sp³-hybridized carbons (Fsp3) is 0.167. The van der Waals surface area contributed by atoms with Gasteiger partial charge in [0, 0.05) is 29.2 Å². The van der Waals surface area contributed by atoms with E-state index in [1.807, 2.05) is 30.5 Å². The summed E-state index contributed by atoms with van der Waals surface area (Å²) in [4.78, 5) is 17.1. The maximum absolute atomic E-state index is 13.5. The Morgan fingerprint density at radius 3 is 2.38 bits per heavy atom. The van der Waals surface area contributed by atoms with Crippen molar-refractivity contribution >= 4 is 17.5 Å². The predicted molar refractivity (Wildman–Crippen MR) is 122 cm³/mol. The van der Waals surface area contributed by atoms with E-state index in [0.29, 0.717) is 28.8 Å². The number of rotatable bonds is 8. The molecule has 0 radical (unpaired) electrons. The summed E-state index contributed by atoms with van der Waals surface area (Å²) in [7, 11) is 0. The van der Waals surface area contributed by atoms with Gasteiger partial charge in [-0.15, -0.1) is 10.2 Å². The number of ether oxygens (including phenoxy) is 1. The molecule has 8 heteroatoms. The average molecular weight is 449 g/mol. The van der Waals surface area contributed by atoms with E-state index in [-0.39, 0.29) is 11.6 Å². The summed E-state index contributed by atoms with van der Waals surface area (Å²) < 4.78 is 20.8. The fourth-order valence-electron chi connectivity index (χ4n) is 3.19. The van der Waals surface area contributed by atoms with Gasteiger partial charge < -0.3 is 4.74 Å². The van der Waals surface area contributed by atoms with Crippen molar-refractivity contribution in [2.75, 3.05) is 6.61 Å². The maximum atomic E-state index is 13.5.